The molecule has 0 radical (unpaired) electrons. The van der Waals surface area contributed by atoms with Gasteiger partial charge >= 0.3 is 0 Å². The van der Waals surface area contributed by atoms with Gasteiger partial charge in [-0.15, -0.1) is 0 Å². The summed E-state index contributed by atoms with van der Waals surface area (Å²) in [6.07, 6.45) is 2.72. The van der Waals surface area contributed by atoms with Crippen LogP contribution < -0.4 is 11.1 Å². The summed E-state index contributed by atoms with van der Waals surface area (Å²) in [5.41, 5.74) is 5.75. The number of ether oxygens (including phenoxy) is 1. The van der Waals surface area contributed by atoms with Gasteiger partial charge in [-0.25, -0.2) is 9.97 Å². The standard InChI is InChI=1S/C13H18N4O2S/c1-9-15-5-2-10(17-9)8-16-12(18)13(11(14)20)3-6-19-7-4-13/h2,5H,3-4,6-8H2,1H3,(H2,14,20)(H,16,18). The second-order valence-electron chi connectivity index (χ2n) is 4.84. The third-order valence-corrected chi connectivity index (χ3v) is 3.91. The molecule has 0 aliphatic carbocycles. The van der Waals surface area contributed by atoms with E-state index in [0.29, 0.717) is 38.4 Å². The lowest BCUT2D eigenvalue weighted by molar-refractivity contribution is -0.131. The molecule has 1 aromatic rings. The topological polar surface area (TPSA) is 90.1 Å². The van der Waals surface area contributed by atoms with Crippen LogP contribution in [0.15, 0.2) is 12.3 Å². The number of nitrogens with zero attached hydrogens (tertiary/aromatic N) is 2. The van der Waals surface area contributed by atoms with Crippen molar-refractivity contribution in [2.75, 3.05) is 13.2 Å². The number of thiocarbonyl (C=S) groups is 1. The van der Waals surface area contributed by atoms with Gasteiger partial charge < -0.3 is 15.8 Å². The molecule has 3 N–H and O–H groups in total. The maximum absolute atomic E-state index is 12.4. The highest BCUT2D eigenvalue weighted by Gasteiger charge is 2.42. The maximum Gasteiger partial charge on any atom is 0.233 e. The second kappa shape index (κ2) is 6.23. The lowest BCUT2D eigenvalue weighted by Gasteiger charge is -2.34. The highest BCUT2D eigenvalue weighted by Crippen LogP contribution is 2.31. The third kappa shape index (κ3) is 3.10. The molecule has 108 valence electrons. The summed E-state index contributed by atoms with van der Waals surface area (Å²) in [6, 6.07) is 1.77. The van der Waals surface area contributed by atoms with Gasteiger partial charge in [0.1, 0.15) is 11.2 Å². The van der Waals surface area contributed by atoms with Crippen LogP contribution in [0.4, 0.5) is 0 Å². The minimum Gasteiger partial charge on any atom is -0.392 e. The number of rotatable bonds is 4. The molecule has 0 saturated carbocycles. The van der Waals surface area contributed by atoms with Gasteiger partial charge in [0.2, 0.25) is 5.91 Å². The first-order valence-electron chi connectivity index (χ1n) is 6.49. The van der Waals surface area contributed by atoms with Crippen molar-refractivity contribution >= 4 is 23.1 Å². The average Bonchev–Trinajstić information content (AvgIpc) is 2.45. The quantitative estimate of drug-likeness (QED) is 0.785. The van der Waals surface area contributed by atoms with Crippen LogP contribution in [0.5, 0.6) is 0 Å². The van der Waals surface area contributed by atoms with Crippen molar-refractivity contribution in [1.29, 1.82) is 0 Å². The van der Waals surface area contributed by atoms with Crippen molar-refractivity contribution in [3.8, 4) is 0 Å². The van der Waals surface area contributed by atoms with E-state index in [0.717, 1.165) is 5.69 Å². The van der Waals surface area contributed by atoms with Crippen LogP contribution in [0.1, 0.15) is 24.4 Å². The van der Waals surface area contributed by atoms with Gasteiger partial charge in [0.05, 0.1) is 17.2 Å². The van der Waals surface area contributed by atoms with Gasteiger partial charge in [0.25, 0.3) is 0 Å². The number of hydrogen-bond donors (Lipinski definition) is 2. The van der Waals surface area contributed by atoms with E-state index in [1.165, 1.54) is 0 Å². The molecule has 0 atom stereocenters. The lowest BCUT2D eigenvalue weighted by Crippen LogP contribution is -2.51. The molecule has 1 fully saturated rings. The minimum absolute atomic E-state index is 0.149. The van der Waals surface area contributed by atoms with Crippen LogP contribution in [0.3, 0.4) is 0 Å². The van der Waals surface area contributed by atoms with Crippen molar-refractivity contribution in [1.82, 2.24) is 15.3 Å². The van der Waals surface area contributed by atoms with E-state index in [1.807, 2.05) is 0 Å². The Morgan fingerprint density at radius 2 is 2.25 bits per heavy atom. The van der Waals surface area contributed by atoms with Gasteiger partial charge in [0.15, 0.2) is 0 Å². The van der Waals surface area contributed by atoms with Crippen LogP contribution in [0, 0.1) is 12.3 Å². The SMILES string of the molecule is Cc1nccc(CNC(=O)C2(C(N)=S)CCOCC2)n1. The molecule has 1 aromatic heterocycles. The number of aromatic nitrogens is 2. The molecule has 7 heteroatoms. The maximum atomic E-state index is 12.4. The Morgan fingerprint density at radius 3 is 2.85 bits per heavy atom. The van der Waals surface area contributed by atoms with Crippen molar-refractivity contribution in [2.24, 2.45) is 11.1 Å². The first-order chi connectivity index (χ1) is 9.54. The zero-order valence-electron chi connectivity index (χ0n) is 11.4. The monoisotopic (exact) mass is 294 g/mol. The first kappa shape index (κ1) is 14.8. The zero-order valence-corrected chi connectivity index (χ0v) is 12.2. The van der Waals surface area contributed by atoms with E-state index < -0.39 is 5.41 Å². The van der Waals surface area contributed by atoms with E-state index in [2.05, 4.69) is 15.3 Å². The molecule has 20 heavy (non-hydrogen) atoms. The number of carbonyl (C=O) groups excluding carboxylic acids is 1. The number of hydrogen-bond acceptors (Lipinski definition) is 5. The smallest absolute Gasteiger partial charge is 0.233 e. The highest BCUT2D eigenvalue weighted by atomic mass is 32.1. The lowest BCUT2D eigenvalue weighted by atomic mass is 9.79. The Labute approximate surface area is 123 Å². The van der Waals surface area contributed by atoms with Gasteiger partial charge in [-0.1, -0.05) is 12.2 Å². The average molecular weight is 294 g/mol. The van der Waals surface area contributed by atoms with E-state index in [9.17, 15) is 4.79 Å². The number of nitrogens with two attached hydrogens (primary N) is 1. The van der Waals surface area contributed by atoms with Gasteiger partial charge in [-0.3, -0.25) is 4.79 Å². The number of aryl methyl sites for hydroxylation is 1. The summed E-state index contributed by atoms with van der Waals surface area (Å²) < 4.78 is 5.29. The predicted octanol–water partition coefficient (Wildman–Crippen LogP) is 0.484. The van der Waals surface area contributed by atoms with Crippen molar-refractivity contribution in [3.63, 3.8) is 0 Å². The fourth-order valence-electron chi connectivity index (χ4n) is 2.25. The Bertz CT molecular complexity index is 515. The zero-order chi connectivity index (χ0) is 14.6. The largest absolute Gasteiger partial charge is 0.392 e. The molecule has 1 amide bonds. The van der Waals surface area contributed by atoms with Crippen molar-refractivity contribution in [2.45, 2.75) is 26.3 Å². The van der Waals surface area contributed by atoms with Gasteiger partial charge in [-0.2, -0.15) is 0 Å². The minimum atomic E-state index is -0.796. The Kier molecular flexibility index (Phi) is 4.61. The van der Waals surface area contributed by atoms with E-state index in [4.69, 9.17) is 22.7 Å². The fraction of sp³-hybridized carbons (Fsp3) is 0.538. The summed E-state index contributed by atoms with van der Waals surface area (Å²) >= 11 is 5.09. The first-order valence-corrected chi connectivity index (χ1v) is 6.90. The third-order valence-electron chi connectivity index (χ3n) is 3.52. The van der Waals surface area contributed by atoms with Crippen LogP contribution in [0.2, 0.25) is 0 Å². The van der Waals surface area contributed by atoms with E-state index in [-0.39, 0.29) is 10.9 Å². The molecule has 2 rings (SSSR count). The molecule has 0 spiro atoms. The molecular formula is C13H18N4O2S. The summed E-state index contributed by atoms with van der Waals surface area (Å²) in [7, 11) is 0. The highest BCUT2D eigenvalue weighted by molar-refractivity contribution is 7.80. The normalized spacial score (nSPS) is 17.4. The summed E-state index contributed by atoms with van der Waals surface area (Å²) in [5.74, 6) is 0.524. The molecule has 1 saturated heterocycles. The van der Waals surface area contributed by atoms with E-state index in [1.54, 1.807) is 19.2 Å². The second-order valence-corrected chi connectivity index (χ2v) is 5.28. The summed E-state index contributed by atoms with van der Waals surface area (Å²) in [4.78, 5) is 20.9. The number of nitrogens with one attached hydrogen (secondary N) is 1. The number of carbonyl (C=O) groups is 1. The number of amides is 1. The molecule has 0 bridgehead atoms. The van der Waals surface area contributed by atoms with Crippen LogP contribution >= 0.6 is 12.2 Å². The molecule has 0 unspecified atom stereocenters. The van der Waals surface area contributed by atoms with Crippen molar-refractivity contribution in [3.05, 3.63) is 23.8 Å². The van der Waals surface area contributed by atoms with Crippen molar-refractivity contribution < 1.29 is 9.53 Å². The predicted molar refractivity (Wildman–Crippen MR) is 77.9 cm³/mol. The Morgan fingerprint density at radius 1 is 1.55 bits per heavy atom. The van der Waals surface area contributed by atoms with Crippen LogP contribution in [-0.2, 0) is 16.1 Å². The molecule has 1 aliphatic rings. The summed E-state index contributed by atoms with van der Waals surface area (Å²) in [6.45, 7) is 3.14. The molecule has 0 aromatic carbocycles. The Balaban J connectivity index is 2.04. The van der Waals surface area contributed by atoms with Gasteiger partial charge in [0, 0.05) is 19.4 Å². The van der Waals surface area contributed by atoms with E-state index >= 15 is 0 Å². The Hall–Kier alpha value is -1.60. The molecule has 6 nitrogen and oxygen atoms in total. The molecule has 2 heterocycles. The fourth-order valence-corrected chi connectivity index (χ4v) is 2.55. The molecule has 1 aliphatic heterocycles. The van der Waals surface area contributed by atoms with Gasteiger partial charge in [-0.05, 0) is 25.8 Å². The summed E-state index contributed by atoms with van der Waals surface area (Å²) in [5, 5.41) is 2.87. The molecular weight excluding hydrogens is 276 g/mol. The van der Waals surface area contributed by atoms with Crippen LogP contribution in [0.25, 0.3) is 0 Å². The van der Waals surface area contributed by atoms with Crippen LogP contribution in [-0.4, -0.2) is 34.1 Å².